The topological polar surface area (TPSA) is 46.3 Å². The lowest BCUT2D eigenvalue weighted by Crippen LogP contribution is -2.48. The third-order valence-corrected chi connectivity index (χ3v) is 5.92. The maximum Gasteiger partial charge on any atom is 0.254 e. The summed E-state index contributed by atoms with van der Waals surface area (Å²) in [5.74, 6) is 0.800. The van der Waals surface area contributed by atoms with Crippen LogP contribution < -0.4 is 5.73 Å². The van der Waals surface area contributed by atoms with Gasteiger partial charge in [-0.05, 0) is 60.4 Å². The van der Waals surface area contributed by atoms with Gasteiger partial charge in [-0.1, -0.05) is 43.3 Å². The third kappa shape index (κ3) is 2.98. The monoisotopic (exact) mass is 334 g/mol. The van der Waals surface area contributed by atoms with Gasteiger partial charge < -0.3 is 10.6 Å². The van der Waals surface area contributed by atoms with Crippen LogP contribution in [0, 0.1) is 5.92 Å². The summed E-state index contributed by atoms with van der Waals surface area (Å²) in [6.45, 7) is 3.67. The Hall–Kier alpha value is -2.13. The quantitative estimate of drug-likeness (QED) is 0.913. The summed E-state index contributed by atoms with van der Waals surface area (Å²) in [5.41, 5.74) is 10.2. The van der Waals surface area contributed by atoms with Crippen molar-refractivity contribution in [3.8, 4) is 11.1 Å². The highest BCUT2D eigenvalue weighted by molar-refractivity contribution is 5.95. The zero-order valence-electron chi connectivity index (χ0n) is 14.9. The molecule has 0 aromatic heterocycles. The molecule has 2 N–H and O–H groups in total. The minimum Gasteiger partial charge on any atom is -0.333 e. The van der Waals surface area contributed by atoms with Crippen molar-refractivity contribution in [3.05, 3.63) is 59.7 Å². The molecule has 1 aliphatic heterocycles. The van der Waals surface area contributed by atoms with E-state index in [0.717, 1.165) is 28.8 Å². The molecule has 2 aromatic carbocycles. The molecule has 4 rings (SSSR count). The van der Waals surface area contributed by atoms with Gasteiger partial charge in [-0.2, -0.15) is 0 Å². The van der Waals surface area contributed by atoms with Crippen molar-refractivity contribution in [2.45, 2.75) is 44.7 Å². The summed E-state index contributed by atoms with van der Waals surface area (Å²) < 4.78 is 0. The molecule has 2 aliphatic rings. The second-order valence-electron chi connectivity index (χ2n) is 7.72. The summed E-state index contributed by atoms with van der Waals surface area (Å²) in [5, 5.41) is 0. The van der Waals surface area contributed by atoms with Gasteiger partial charge in [0.15, 0.2) is 0 Å². The Balaban J connectivity index is 1.59. The fraction of sp³-hybridized carbons (Fsp3) is 0.409. The van der Waals surface area contributed by atoms with E-state index in [2.05, 4.69) is 36.1 Å². The number of amides is 1. The molecular formula is C22H26N2O. The molecule has 1 atom stereocenters. The molecule has 3 nitrogen and oxygen atoms in total. The van der Waals surface area contributed by atoms with E-state index < -0.39 is 0 Å². The zero-order chi connectivity index (χ0) is 17.4. The van der Waals surface area contributed by atoms with Crippen molar-refractivity contribution in [2.75, 3.05) is 6.54 Å². The van der Waals surface area contributed by atoms with Crippen LogP contribution in [0.15, 0.2) is 48.5 Å². The van der Waals surface area contributed by atoms with E-state index in [9.17, 15) is 4.79 Å². The second-order valence-corrected chi connectivity index (χ2v) is 7.72. The van der Waals surface area contributed by atoms with Crippen molar-refractivity contribution < 1.29 is 4.79 Å². The first-order valence-corrected chi connectivity index (χ1v) is 9.33. The van der Waals surface area contributed by atoms with Crippen LogP contribution in [-0.2, 0) is 6.54 Å². The molecule has 1 spiro atoms. The van der Waals surface area contributed by atoms with Gasteiger partial charge in [0.05, 0.1) is 0 Å². The van der Waals surface area contributed by atoms with Crippen LogP contribution in [0.25, 0.3) is 11.1 Å². The van der Waals surface area contributed by atoms with Gasteiger partial charge in [0.25, 0.3) is 5.91 Å². The first kappa shape index (κ1) is 16.3. The molecule has 25 heavy (non-hydrogen) atoms. The van der Waals surface area contributed by atoms with Crippen molar-refractivity contribution in [2.24, 2.45) is 11.7 Å². The number of hydrogen-bond donors (Lipinski definition) is 1. The number of hydrogen-bond acceptors (Lipinski definition) is 2. The molecule has 2 fully saturated rings. The van der Waals surface area contributed by atoms with Crippen LogP contribution >= 0.6 is 0 Å². The Bertz CT molecular complexity index is 777. The smallest absolute Gasteiger partial charge is 0.254 e. The Morgan fingerprint density at radius 1 is 1.12 bits per heavy atom. The van der Waals surface area contributed by atoms with Crippen LogP contribution in [-0.4, -0.2) is 22.9 Å². The van der Waals surface area contributed by atoms with Crippen molar-refractivity contribution in [1.29, 1.82) is 0 Å². The number of carbonyl (C=O) groups excluding carboxylic acids is 1. The largest absolute Gasteiger partial charge is 0.333 e. The molecule has 1 amide bonds. The third-order valence-electron chi connectivity index (χ3n) is 5.92. The molecule has 1 unspecified atom stereocenters. The van der Waals surface area contributed by atoms with Crippen LogP contribution in [0.1, 0.15) is 48.5 Å². The van der Waals surface area contributed by atoms with E-state index in [0.29, 0.717) is 12.5 Å². The van der Waals surface area contributed by atoms with Gasteiger partial charge in [-0.3, -0.25) is 4.79 Å². The normalized spacial score (nSPS) is 21.4. The summed E-state index contributed by atoms with van der Waals surface area (Å²) >= 11 is 0. The molecule has 1 saturated carbocycles. The highest BCUT2D eigenvalue weighted by Crippen LogP contribution is 2.49. The van der Waals surface area contributed by atoms with E-state index in [1.165, 1.54) is 25.7 Å². The maximum absolute atomic E-state index is 13.1. The number of nitrogens with two attached hydrogens (primary N) is 1. The van der Waals surface area contributed by atoms with Gasteiger partial charge >= 0.3 is 0 Å². The molecule has 0 bridgehead atoms. The predicted molar refractivity (Wildman–Crippen MR) is 101 cm³/mol. The van der Waals surface area contributed by atoms with E-state index in [1.807, 2.05) is 24.3 Å². The molecule has 1 heterocycles. The first-order chi connectivity index (χ1) is 12.1. The van der Waals surface area contributed by atoms with E-state index in [1.54, 1.807) is 0 Å². The summed E-state index contributed by atoms with van der Waals surface area (Å²) in [6.07, 6.45) is 4.77. The fourth-order valence-electron chi connectivity index (χ4n) is 4.14. The molecule has 2 aromatic rings. The first-order valence-electron chi connectivity index (χ1n) is 9.33. The standard InChI is InChI=1S/C22H26N2O/c1-16-10-11-22(12-13-22)24(15-16)21(25)18-8-6-17(7-9-18)20-5-3-2-4-19(20)14-23/h2-9,16H,10-15,23H2,1H3. The lowest BCUT2D eigenvalue weighted by Gasteiger charge is -2.39. The molecule has 0 radical (unpaired) electrons. The number of likely N-dealkylation sites (tertiary alicyclic amines) is 1. The van der Waals surface area contributed by atoms with Crippen LogP contribution in [0.3, 0.4) is 0 Å². The van der Waals surface area contributed by atoms with E-state index >= 15 is 0 Å². The van der Waals surface area contributed by atoms with Crippen LogP contribution in [0.2, 0.25) is 0 Å². The fourth-order valence-corrected chi connectivity index (χ4v) is 4.14. The van der Waals surface area contributed by atoms with E-state index in [-0.39, 0.29) is 11.4 Å². The second kappa shape index (κ2) is 6.30. The lowest BCUT2D eigenvalue weighted by molar-refractivity contribution is 0.0497. The van der Waals surface area contributed by atoms with Gasteiger partial charge in [0, 0.05) is 24.2 Å². The van der Waals surface area contributed by atoms with Crippen LogP contribution in [0.5, 0.6) is 0 Å². The molecule has 1 aliphatic carbocycles. The van der Waals surface area contributed by atoms with Gasteiger partial charge in [0.2, 0.25) is 0 Å². The summed E-state index contributed by atoms with van der Waals surface area (Å²) in [6, 6.07) is 16.2. The number of benzene rings is 2. The molecule has 1 saturated heterocycles. The van der Waals surface area contributed by atoms with Crippen LogP contribution in [0.4, 0.5) is 0 Å². The Kier molecular flexibility index (Phi) is 4.12. The van der Waals surface area contributed by atoms with Crippen molar-refractivity contribution in [1.82, 2.24) is 4.90 Å². The number of carbonyl (C=O) groups is 1. The highest BCUT2D eigenvalue weighted by atomic mass is 16.2. The Morgan fingerprint density at radius 3 is 2.52 bits per heavy atom. The average molecular weight is 334 g/mol. The minimum atomic E-state index is 0.175. The summed E-state index contributed by atoms with van der Waals surface area (Å²) in [7, 11) is 0. The van der Waals surface area contributed by atoms with Gasteiger partial charge in [-0.15, -0.1) is 0 Å². The SMILES string of the molecule is CC1CCC2(CC2)N(C(=O)c2ccc(-c3ccccc3CN)cc2)C1. The van der Waals surface area contributed by atoms with E-state index in [4.69, 9.17) is 5.73 Å². The van der Waals surface area contributed by atoms with Gasteiger partial charge in [0.1, 0.15) is 0 Å². The van der Waals surface area contributed by atoms with Gasteiger partial charge in [-0.25, -0.2) is 0 Å². The Labute approximate surface area is 149 Å². The lowest BCUT2D eigenvalue weighted by atomic mass is 9.91. The summed E-state index contributed by atoms with van der Waals surface area (Å²) in [4.78, 5) is 15.2. The minimum absolute atomic E-state index is 0.175. The average Bonchev–Trinajstić information content (AvgIpc) is 3.44. The highest BCUT2D eigenvalue weighted by Gasteiger charge is 2.52. The molecule has 3 heteroatoms. The van der Waals surface area contributed by atoms with Crippen molar-refractivity contribution in [3.63, 3.8) is 0 Å². The number of piperidine rings is 1. The van der Waals surface area contributed by atoms with Crippen molar-refractivity contribution >= 4 is 5.91 Å². The number of rotatable bonds is 3. The molecule has 130 valence electrons. The predicted octanol–water partition coefficient (Wildman–Crippen LogP) is 4.22. The number of nitrogens with zero attached hydrogens (tertiary/aromatic N) is 1. The Morgan fingerprint density at radius 2 is 1.84 bits per heavy atom. The zero-order valence-corrected chi connectivity index (χ0v) is 14.9. The molecular weight excluding hydrogens is 308 g/mol. The maximum atomic E-state index is 13.1.